The monoisotopic (exact) mass is 267 g/mol. The first-order valence-corrected chi connectivity index (χ1v) is 6.25. The van der Waals surface area contributed by atoms with E-state index in [4.69, 9.17) is 4.52 Å². The maximum atomic E-state index is 12.4. The second kappa shape index (κ2) is 4.77. The molecule has 3 rings (SSSR count). The molecule has 1 N–H and O–H groups in total. The van der Waals surface area contributed by atoms with E-state index in [9.17, 15) is 4.79 Å². The summed E-state index contributed by atoms with van der Waals surface area (Å²) in [6, 6.07) is 9.52. The third kappa shape index (κ3) is 2.03. The summed E-state index contributed by atoms with van der Waals surface area (Å²) in [5.74, 6) is 0.312. The van der Waals surface area contributed by atoms with Crippen LogP contribution in [0.15, 0.2) is 41.1 Å². The highest BCUT2D eigenvalue weighted by Gasteiger charge is 2.16. The molecule has 0 bridgehead atoms. The van der Waals surface area contributed by atoms with Crippen LogP contribution in [0, 0.1) is 13.8 Å². The Labute approximate surface area is 115 Å². The maximum Gasteiger partial charge on any atom is 0.275 e. The van der Waals surface area contributed by atoms with E-state index in [0.29, 0.717) is 22.8 Å². The minimum absolute atomic E-state index is 0.267. The van der Waals surface area contributed by atoms with Gasteiger partial charge in [-0.1, -0.05) is 29.4 Å². The Morgan fingerprint density at radius 3 is 2.75 bits per heavy atom. The number of aromatic nitrogens is 2. The minimum Gasteiger partial charge on any atom is -0.359 e. The Bertz CT molecular complexity index is 768. The Balaban J connectivity index is 2.01. The highest BCUT2D eigenvalue weighted by atomic mass is 16.5. The maximum absolute atomic E-state index is 12.4. The van der Waals surface area contributed by atoms with Crippen LogP contribution in [-0.2, 0) is 0 Å². The van der Waals surface area contributed by atoms with E-state index < -0.39 is 0 Å². The number of hydrogen-bond acceptors (Lipinski definition) is 4. The molecule has 5 nitrogen and oxygen atoms in total. The molecule has 2 aromatic heterocycles. The fourth-order valence-corrected chi connectivity index (χ4v) is 2.13. The normalized spacial score (nSPS) is 10.7. The van der Waals surface area contributed by atoms with Crippen LogP contribution in [0.25, 0.3) is 10.8 Å². The highest BCUT2D eigenvalue weighted by Crippen LogP contribution is 2.21. The molecule has 0 unspecified atom stereocenters. The van der Waals surface area contributed by atoms with Crippen LogP contribution in [0.2, 0.25) is 0 Å². The first-order valence-electron chi connectivity index (χ1n) is 6.25. The summed E-state index contributed by atoms with van der Waals surface area (Å²) in [4.78, 5) is 16.6. The van der Waals surface area contributed by atoms with Gasteiger partial charge in [-0.25, -0.2) is 0 Å². The molecule has 0 spiro atoms. The van der Waals surface area contributed by atoms with Gasteiger partial charge in [0.05, 0.1) is 0 Å². The van der Waals surface area contributed by atoms with Crippen molar-refractivity contribution in [1.29, 1.82) is 0 Å². The second-order valence-electron chi connectivity index (χ2n) is 4.53. The van der Waals surface area contributed by atoms with Crippen LogP contribution in [-0.4, -0.2) is 16.0 Å². The minimum atomic E-state index is -0.267. The molecule has 0 aliphatic rings. The van der Waals surface area contributed by atoms with Gasteiger partial charge in [0.2, 0.25) is 0 Å². The van der Waals surface area contributed by atoms with Gasteiger partial charge in [-0.15, -0.1) is 0 Å². The number of nitrogens with one attached hydrogen (secondary N) is 1. The van der Waals surface area contributed by atoms with Gasteiger partial charge >= 0.3 is 0 Å². The number of carbonyl (C=O) groups is 1. The topological polar surface area (TPSA) is 68.0 Å². The Morgan fingerprint density at radius 2 is 2.00 bits per heavy atom. The van der Waals surface area contributed by atoms with Gasteiger partial charge in [-0.2, -0.15) is 0 Å². The van der Waals surface area contributed by atoms with Gasteiger partial charge in [0.25, 0.3) is 5.91 Å². The summed E-state index contributed by atoms with van der Waals surface area (Å²) >= 11 is 0. The van der Waals surface area contributed by atoms with E-state index in [1.807, 2.05) is 30.3 Å². The molecular formula is C15H13N3O2. The van der Waals surface area contributed by atoms with Crippen LogP contribution < -0.4 is 5.32 Å². The standard InChI is InChI=1S/C15H13N3O2/c1-9-13(10(2)20-18-9)17-15(19)14-12-6-4-3-5-11(12)7-8-16-14/h3-8H,1-2H3,(H,17,19). The molecule has 1 aromatic carbocycles. The summed E-state index contributed by atoms with van der Waals surface area (Å²) in [6.07, 6.45) is 1.63. The average molecular weight is 267 g/mol. The van der Waals surface area contributed by atoms with Crippen LogP contribution in [0.3, 0.4) is 0 Å². The second-order valence-corrected chi connectivity index (χ2v) is 4.53. The number of hydrogen-bond donors (Lipinski definition) is 1. The predicted molar refractivity (Wildman–Crippen MR) is 75.7 cm³/mol. The molecule has 0 aliphatic carbocycles. The number of fused-ring (bicyclic) bond motifs is 1. The van der Waals surface area contributed by atoms with Gasteiger partial charge in [-0.05, 0) is 25.3 Å². The number of nitrogens with zero attached hydrogens (tertiary/aromatic N) is 2. The molecule has 0 atom stereocenters. The zero-order valence-corrected chi connectivity index (χ0v) is 11.2. The molecule has 3 aromatic rings. The molecular weight excluding hydrogens is 254 g/mol. The molecule has 2 heterocycles. The summed E-state index contributed by atoms with van der Waals surface area (Å²) in [5.41, 5.74) is 1.64. The van der Waals surface area contributed by atoms with Crippen molar-refractivity contribution in [1.82, 2.24) is 10.1 Å². The fourth-order valence-electron chi connectivity index (χ4n) is 2.13. The van der Waals surface area contributed by atoms with Crippen LogP contribution >= 0.6 is 0 Å². The van der Waals surface area contributed by atoms with Gasteiger partial charge in [-0.3, -0.25) is 9.78 Å². The van der Waals surface area contributed by atoms with Crippen molar-refractivity contribution in [3.05, 3.63) is 53.7 Å². The Hall–Kier alpha value is -2.69. The lowest BCUT2D eigenvalue weighted by Gasteiger charge is -2.06. The molecule has 1 amide bonds. The largest absolute Gasteiger partial charge is 0.359 e. The molecule has 0 aliphatic heterocycles. The number of carbonyl (C=O) groups excluding carboxylic acids is 1. The van der Waals surface area contributed by atoms with Crippen molar-refractivity contribution in [3.8, 4) is 0 Å². The van der Waals surface area contributed by atoms with E-state index in [-0.39, 0.29) is 5.91 Å². The number of pyridine rings is 1. The summed E-state index contributed by atoms with van der Waals surface area (Å²) in [7, 11) is 0. The van der Waals surface area contributed by atoms with E-state index in [0.717, 1.165) is 10.8 Å². The number of amides is 1. The molecule has 100 valence electrons. The number of rotatable bonds is 2. The van der Waals surface area contributed by atoms with E-state index in [1.54, 1.807) is 20.0 Å². The van der Waals surface area contributed by atoms with Crippen molar-refractivity contribution in [2.24, 2.45) is 0 Å². The van der Waals surface area contributed by atoms with E-state index in [1.165, 1.54) is 0 Å². The van der Waals surface area contributed by atoms with Crippen LogP contribution in [0.5, 0.6) is 0 Å². The lowest BCUT2D eigenvalue weighted by molar-refractivity contribution is 0.102. The zero-order valence-electron chi connectivity index (χ0n) is 11.2. The highest BCUT2D eigenvalue weighted by molar-refractivity contribution is 6.11. The average Bonchev–Trinajstić information content (AvgIpc) is 2.78. The predicted octanol–water partition coefficient (Wildman–Crippen LogP) is 3.09. The SMILES string of the molecule is Cc1noc(C)c1NC(=O)c1nccc2ccccc12. The number of anilines is 1. The Kier molecular flexibility index (Phi) is 2.95. The molecule has 0 saturated carbocycles. The summed E-state index contributed by atoms with van der Waals surface area (Å²) in [6.45, 7) is 3.54. The Morgan fingerprint density at radius 1 is 1.20 bits per heavy atom. The molecule has 5 heteroatoms. The molecule has 0 fully saturated rings. The van der Waals surface area contributed by atoms with Crippen molar-refractivity contribution >= 4 is 22.4 Å². The number of aryl methyl sites for hydroxylation is 2. The molecule has 20 heavy (non-hydrogen) atoms. The molecule has 0 saturated heterocycles. The smallest absolute Gasteiger partial charge is 0.275 e. The van der Waals surface area contributed by atoms with Gasteiger partial charge in [0, 0.05) is 11.6 Å². The van der Waals surface area contributed by atoms with Crippen molar-refractivity contribution in [2.45, 2.75) is 13.8 Å². The van der Waals surface area contributed by atoms with Gasteiger partial charge < -0.3 is 9.84 Å². The van der Waals surface area contributed by atoms with Crippen LogP contribution in [0.4, 0.5) is 5.69 Å². The van der Waals surface area contributed by atoms with Crippen LogP contribution in [0.1, 0.15) is 21.9 Å². The van der Waals surface area contributed by atoms with Crippen molar-refractivity contribution in [3.63, 3.8) is 0 Å². The van der Waals surface area contributed by atoms with Crippen molar-refractivity contribution in [2.75, 3.05) is 5.32 Å². The first kappa shape index (κ1) is 12.3. The zero-order chi connectivity index (χ0) is 14.1. The summed E-state index contributed by atoms with van der Waals surface area (Å²) < 4.78 is 5.03. The fraction of sp³-hybridized carbons (Fsp3) is 0.133. The summed E-state index contributed by atoms with van der Waals surface area (Å²) in [5, 5.41) is 8.42. The lowest BCUT2D eigenvalue weighted by atomic mass is 10.1. The first-order chi connectivity index (χ1) is 9.66. The molecule has 0 radical (unpaired) electrons. The third-order valence-corrected chi connectivity index (χ3v) is 3.16. The van der Waals surface area contributed by atoms with E-state index in [2.05, 4.69) is 15.5 Å². The number of benzene rings is 1. The van der Waals surface area contributed by atoms with E-state index >= 15 is 0 Å². The van der Waals surface area contributed by atoms with Gasteiger partial charge in [0.1, 0.15) is 17.1 Å². The third-order valence-electron chi connectivity index (χ3n) is 3.16. The van der Waals surface area contributed by atoms with Crippen molar-refractivity contribution < 1.29 is 9.32 Å². The quantitative estimate of drug-likeness (QED) is 0.774. The van der Waals surface area contributed by atoms with Gasteiger partial charge in [0.15, 0.2) is 5.76 Å². The lowest BCUT2D eigenvalue weighted by Crippen LogP contribution is -2.15.